The fraction of sp³-hybridized carbons (Fsp3) is 0.571. The van der Waals surface area contributed by atoms with Crippen molar-refractivity contribution in [1.82, 2.24) is 9.88 Å². The second-order valence-electron chi connectivity index (χ2n) is 5.32. The van der Waals surface area contributed by atoms with Gasteiger partial charge in [-0.15, -0.1) is 0 Å². The molecule has 1 aromatic rings. The maximum absolute atomic E-state index is 10.7. The van der Waals surface area contributed by atoms with Crippen LogP contribution in [0.3, 0.4) is 0 Å². The number of anilines is 1. The summed E-state index contributed by atoms with van der Waals surface area (Å²) < 4.78 is 6.72. The van der Waals surface area contributed by atoms with Crippen LogP contribution in [0.15, 0.2) is 16.7 Å². The molecule has 1 N–H and O–H groups in total. The second-order valence-corrected chi connectivity index (χ2v) is 6.18. The monoisotopic (exact) mass is 357 g/mol. The third-order valence-electron chi connectivity index (χ3n) is 3.42. The minimum Gasteiger partial charge on any atom is -0.480 e. The molecule has 0 amide bonds. The first-order valence-electron chi connectivity index (χ1n) is 6.84. The lowest BCUT2D eigenvalue weighted by atomic mass is 10.2. The number of carboxylic acid groups (broad SMARTS) is 1. The molecular formula is C14H20BrN3O3. The quantitative estimate of drug-likeness (QED) is 0.858. The number of carboxylic acids is 1. The number of halogens is 1. The van der Waals surface area contributed by atoms with E-state index in [4.69, 9.17) is 9.84 Å². The molecule has 2 rings (SSSR count). The number of rotatable bonds is 5. The van der Waals surface area contributed by atoms with Gasteiger partial charge < -0.3 is 14.7 Å². The minimum absolute atomic E-state index is 0.00569. The van der Waals surface area contributed by atoms with Crippen molar-refractivity contribution in [2.75, 3.05) is 44.7 Å². The Hall–Kier alpha value is -1.18. The minimum atomic E-state index is -0.824. The maximum Gasteiger partial charge on any atom is 0.317 e. The van der Waals surface area contributed by atoms with E-state index in [9.17, 15) is 4.79 Å². The molecule has 2 heterocycles. The smallest absolute Gasteiger partial charge is 0.317 e. The first-order chi connectivity index (χ1) is 9.95. The number of ether oxygens (including phenoxy) is 1. The largest absolute Gasteiger partial charge is 0.480 e. The van der Waals surface area contributed by atoms with Gasteiger partial charge in [0.15, 0.2) is 0 Å². The van der Waals surface area contributed by atoms with Crippen LogP contribution >= 0.6 is 15.9 Å². The number of aliphatic carboxylic acids is 1. The third-order valence-corrected chi connectivity index (χ3v) is 4.25. The number of nitrogens with zero attached hydrogens (tertiary/aromatic N) is 3. The molecular weight excluding hydrogens is 338 g/mol. The summed E-state index contributed by atoms with van der Waals surface area (Å²) in [5.41, 5.74) is 1.14. The van der Waals surface area contributed by atoms with Crippen LogP contribution in [0.4, 0.5) is 5.82 Å². The van der Waals surface area contributed by atoms with Gasteiger partial charge in [-0.25, -0.2) is 4.98 Å². The Bertz CT molecular complexity index is 512. The number of pyridine rings is 1. The van der Waals surface area contributed by atoms with Crippen molar-refractivity contribution in [3.63, 3.8) is 0 Å². The summed E-state index contributed by atoms with van der Waals surface area (Å²) >= 11 is 3.45. The Morgan fingerprint density at radius 2 is 2.43 bits per heavy atom. The average Bonchev–Trinajstić information content (AvgIpc) is 2.41. The molecule has 1 aliphatic rings. The number of hydrogen-bond donors (Lipinski definition) is 1. The third kappa shape index (κ3) is 4.66. The molecule has 7 heteroatoms. The molecule has 0 bridgehead atoms. The zero-order valence-corrected chi connectivity index (χ0v) is 13.8. The summed E-state index contributed by atoms with van der Waals surface area (Å²) in [7, 11) is 1.79. The van der Waals surface area contributed by atoms with Gasteiger partial charge in [-0.05, 0) is 41.5 Å². The van der Waals surface area contributed by atoms with E-state index in [-0.39, 0.29) is 12.6 Å². The highest BCUT2D eigenvalue weighted by atomic mass is 79.9. The molecule has 1 fully saturated rings. The lowest BCUT2D eigenvalue weighted by Crippen LogP contribution is -2.48. The number of hydrogen-bond acceptors (Lipinski definition) is 5. The van der Waals surface area contributed by atoms with Crippen molar-refractivity contribution in [2.24, 2.45) is 0 Å². The summed E-state index contributed by atoms with van der Waals surface area (Å²) in [6.45, 7) is 4.80. The SMILES string of the molecule is Cc1cc(N2CCOC(CN(C)CC(=O)O)C2)ncc1Br. The van der Waals surface area contributed by atoms with E-state index < -0.39 is 5.97 Å². The van der Waals surface area contributed by atoms with Crippen molar-refractivity contribution in [3.8, 4) is 0 Å². The Kier molecular flexibility index (Phi) is 5.55. The standard InChI is InChI=1S/C14H20BrN3O3/c1-10-5-13(16-6-12(10)15)18-3-4-21-11(8-18)7-17(2)9-14(19)20/h5-6,11H,3-4,7-9H2,1-2H3,(H,19,20). The highest BCUT2D eigenvalue weighted by Gasteiger charge is 2.23. The van der Waals surface area contributed by atoms with Crippen LogP contribution in [-0.2, 0) is 9.53 Å². The van der Waals surface area contributed by atoms with E-state index in [0.29, 0.717) is 13.2 Å². The normalized spacial score (nSPS) is 19.0. The van der Waals surface area contributed by atoms with Crippen LogP contribution in [0.1, 0.15) is 5.56 Å². The summed E-state index contributed by atoms with van der Waals surface area (Å²) in [4.78, 5) is 19.1. The van der Waals surface area contributed by atoms with Crippen LogP contribution in [0.2, 0.25) is 0 Å². The Balaban J connectivity index is 1.96. The van der Waals surface area contributed by atoms with Crippen molar-refractivity contribution in [2.45, 2.75) is 13.0 Å². The van der Waals surface area contributed by atoms with E-state index in [1.807, 2.05) is 19.2 Å². The number of aromatic nitrogens is 1. The van der Waals surface area contributed by atoms with Gasteiger partial charge in [0.2, 0.25) is 0 Å². The van der Waals surface area contributed by atoms with Gasteiger partial charge in [0.05, 0.1) is 19.3 Å². The molecule has 1 atom stereocenters. The topological polar surface area (TPSA) is 65.9 Å². The highest BCUT2D eigenvalue weighted by molar-refractivity contribution is 9.10. The fourth-order valence-corrected chi connectivity index (χ4v) is 2.60. The van der Waals surface area contributed by atoms with E-state index in [1.54, 1.807) is 11.9 Å². The summed E-state index contributed by atoms with van der Waals surface area (Å²) in [6, 6.07) is 2.05. The van der Waals surface area contributed by atoms with E-state index in [2.05, 4.69) is 25.8 Å². The molecule has 0 radical (unpaired) electrons. The zero-order chi connectivity index (χ0) is 15.4. The molecule has 0 aliphatic carbocycles. The predicted molar refractivity (Wildman–Crippen MR) is 83.8 cm³/mol. The summed E-state index contributed by atoms with van der Waals surface area (Å²) in [5, 5.41) is 8.79. The summed E-state index contributed by atoms with van der Waals surface area (Å²) in [6.07, 6.45) is 1.81. The molecule has 1 saturated heterocycles. The van der Waals surface area contributed by atoms with Crippen LogP contribution in [-0.4, -0.2) is 66.9 Å². The fourth-order valence-electron chi connectivity index (χ4n) is 2.38. The van der Waals surface area contributed by atoms with Crippen LogP contribution in [0, 0.1) is 6.92 Å². The van der Waals surface area contributed by atoms with Crippen LogP contribution < -0.4 is 4.90 Å². The van der Waals surface area contributed by atoms with E-state index in [1.165, 1.54) is 0 Å². The second kappa shape index (κ2) is 7.20. The molecule has 116 valence electrons. The van der Waals surface area contributed by atoms with Crippen molar-refractivity contribution >= 4 is 27.7 Å². The van der Waals surface area contributed by atoms with Gasteiger partial charge >= 0.3 is 5.97 Å². The zero-order valence-electron chi connectivity index (χ0n) is 12.3. The molecule has 0 spiro atoms. The van der Waals surface area contributed by atoms with Gasteiger partial charge in [-0.1, -0.05) is 0 Å². The number of carbonyl (C=O) groups is 1. The van der Waals surface area contributed by atoms with Crippen LogP contribution in [0.25, 0.3) is 0 Å². The summed E-state index contributed by atoms with van der Waals surface area (Å²) in [5.74, 6) is 0.111. The molecule has 1 unspecified atom stereocenters. The van der Waals surface area contributed by atoms with Crippen molar-refractivity contribution < 1.29 is 14.6 Å². The van der Waals surface area contributed by atoms with Gasteiger partial charge in [0.1, 0.15) is 5.82 Å². The Labute approximate surface area is 132 Å². The molecule has 1 aliphatic heterocycles. The van der Waals surface area contributed by atoms with Gasteiger partial charge in [-0.3, -0.25) is 9.69 Å². The van der Waals surface area contributed by atoms with E-state index in [0.717, 1.165) is 28.9 Å². The number of likely N-dealkylation sites (N-methyl/N-ethyl adjacent to an activating group) is 1. The van der Waals surface area contributed by atoms with E-state index >= 15 is 0 Å². The average molecular weight is 358 g/mol. The number of morpholine rings is 1. The van der Waals surface area contributed by atoms with Gasteiger partial charge in [0, 0.05) is 30.3 Å². The van der Waals surface area contributed by atoms with Crippen molar-refractivity contribution in [3.05, 3.63) is 22.3 Å². The van der Waals surface area contributed by atoms with Crippen molar-refractivity contribution in [1.29, 1.82) is 0 Å². The number of aryl methyl sites for hydroxylation is 1. The van der Waals surface area contributed by atoms with Gasteiger partial charge in [-0.2, -0.15) is 0 Å². The lowest BCUT2D eigenvalue weighted by molar-refractivity contribution is -0.138. The van der Waals surface area contributed by atoms with Gasteiger partial charge in [0.25, 0.3) is 0 Å². The Morgan fingerprint density at radius 3 is 3.10 bits per heavy atom. The predicted octanol–water partition coefficient (Wildman–Crippen LogP) is 1.37. The first-order valence-corrected chi connectivity index (χ1v) is 7.64. The highest BCUT2D eigenvalue weighted by Crippen LogP contribution is 2.21. The molecule has 21 heavy (non-hydrogen) atoms. The molecule has 1 aromatic heterocycles. The molecule has 6 nitrogen and oxygen atoms in total. The van der Waals surface area contributed by atoms with Crippen LogP contribution in [0.5, 0.6) is 0 Å². The maximum atomic E-state index is 10.7. The first kappa shape index (κ1) is 16.2. The molecule has 0 aromatic carbocycles. The molecule has 0 saturated carbocycles. The Morgan fingerprint density at radius 1 is 1.67 bits per heavy atom. The lowest BCUT2D eigenvalue weighted by Gasteiger charge is -2.35.